The second kappa shape index (κ2) is 5.14. The van der Waals surface area contributed by atoms with Gasteiger partial charge in [-0.3, -0.25) is 9.59 Å². The summed E-state index contributed by atoms with van der Waals surface area (Å²) in [6.07, 6.45) is 8.88. The molecule has 3 saturated carbocycles. The van der Waals surface area contributed by atoms with Crippen LogP contribution in [0.3, 0.4) is 0 Å². The molecule has 1 N–H and O–H groups in total. The summed E-state index contributed by atoms with van der Waals surface area (Å²) in [5, 5.41) is 11.1. The predicted molar refractivity (Wildman–Crippen MR) is 92.2 cm³/mol. The van der Waals surface area contributed by atoms with Crippen molar-refractivity contribution in [2.24, 2.45) is 28.6 Å². The minimum atomic E-state index is -0.504. The first-order valence-electron chi connectivity index (χ1n) is 9.42. The molecule has 0 spiro atoms. The van der Waals surface area contributed by atoms with Gasteiger partial charge in [0.05, 0.1) is 6.10 Å². The summed E-state index contributed by atoms with van der Waals surface area (Å²) in [4.78, 5) is 24.0. The second-order valence-electron chi connectivity index (χ2n) is 8.95. The van der Waals surface area contributed by atoms with Crippen LogP contribution >= 0.6 is 0 Å². The summed E-state index contributed by atoms with van der Waals surface area (Å²) in [5.74, 6) is 1.83. The Morgan fingerprint density at radius 1 is 1.25 bits per heavy atom. The van der Waals surface area contributed by atoms with E-state index in [-0.39, 0.29) is 11.2 Å². The standard InChI is InChI=1S/C21H28O3/c1-12(22)16-6-7-17-15-5-4-13-10-14(23)8-9-20(13,2)18(15)11-19(24)21(16,17)3/h6-7,13,15,18-19,24H,4-5,8-11H2,1-3H3/t13-,15-,18-,19+,20-,21+/m0/s1. The molecule has 3 nitrogen and oxygen atoms in total. The number of hydrogen-bond donors (Lipinski definition) is 1. The van der Waals surface area contributed by atoms with Crippen molar-refractivity contribution < 1.29 is 14.7 Å². The lowest BCUT2D eigenvalue weighted by Crippen LogP contribution is -2.55. The molecule has 0 radical (unpaired) electrons. The zero-order chi connectivity index (χ0) is 17.3. The van der Waals surface area contributed by atoms with Gasteiger partial charge in [-0.05, 0) is 62.7 Å². The molecule has 3 heteroatoms. The molecule has 0 unspecified atom stereocenters. The van der Waals surface area contributed by atoms with Crippen LogP contribution in [0.1, 0.15) is 59.3 Å². The van der Waals surface area contributed by atoms with Gasteiger partial charge in [-0.1, -0.05) is 24.6 Å². The van der Waals surface area contributed by atoms with E-state index in [0.29, 0.717) is 30.0 Å². The van der Waals surface area contributed by atoms with Crippen LogP contribution in [0.25, 0.3) is 0 Å². The third-order valence-electron chi connectivity index (χ3n) is 8.02. The maximum absolute atomic E-state index is 12.1. The third-order valence-corrected chi connectivity index (χ3v) is 8.02. The lowest BCUT2D eigenvalue weighted by atomic mass is 9.45. The highest BCUT2D eigenvalue weighted by Crippen LogP contribution is 2.64. The summed E-state index contributed by atoms with van der Waals surface area (Å²) in [6, 6.07) is 0. The molecular weight excluding hydrogens is 300 g/mol. The number of carbonyl (C=O) groups is 2. The van der Waals surface area contributed by atoms with Gasteiger partial charge in [-0.25, -0.2) is 0 Å². The van der Waals surface area contributed by atoms with Gasteiger partial charge < -0.3 is 5.11 Å². The molecule has 0 aromatic heterocycles. The lowest BCUT2D eigenvalue weighted by Gasteiger charge is -2.59. The first-order chi connectivity index (χ1) is 11.3. The molecular formula is C21H28O3. The van der Waals surface area contributed by atoms with Crippen LogP contribution in [0.5, 0.6) is 0 Å². The first-order valence-corrected chi connectivity index (χ1v) is 9.42. The third kappa shape index (κ3) is 1.94. The van der Waals surface area contributed by atoms with Gasteiger partial charge in [0.15, 0.2) is 5.78 Å². The fourth-order valence-electron chi connectivity index (χ4n) is 6.50. The zero-order valence-electron chi connectivity index (χ0n) is 15.0. The number of ketones is 2. The van der Waals surface area contributed by atoms with Gasteiger partial charge in [-0.15, -0.1) is 0 Å². The average Bonchev–Trinajstić information content (AvgIpc) is 2.88. The lowest BCUT2D eigenvalue weighted by molar-refractivity contribution is -0.134. The minimum absolute atomic E-state index is 0.0735. The number of rotatable bonds is 1. The number of hydrogen-bond acceptors (Lipinski definition) is 3. The Kier molecular flexibility index (Phi) is 3.48. The Balaban J connectivity index is 1.71. The molecule has 0 amide bonds. The van der Waals surface area contributed by atoms with E-state index in [4.69, 9.17) is 0 Å². The Morgan fingerprint density at radius 3 is 2.71 bits per heavy atom. The molecule has 130 valence electrons. The second-order valence-corrected chi connectivity index (χ2v) is 8.95. The highest BCUT2D eigenvalue weighted by Gasteiger charge is 2.59. The summed E-state index contributed by atoms with van der Waals surface area (Å²) >= 11 is 0. The van der Waals surface area contributed by atoms with Crippen molar-refractivity contribution in [3.05, 3.63) is 23.3 Å². The van der Waals surface area contributed by atoms with Gasteiger partial charge in [0.2, 0.25) is 0 Å². The van der Waals surface area contributed by atoms with Crippen LogP contribution in [0.15, 0.2) is 23.3 Å². The number of Topliss-reactive ketones (excluding diaryl/α,β-unsaturated/α-hetero) is 2. The molecule has 0 aliphatic heterocycles. The maximum atomic E-state index is 12.1. The molecule has 3 fully saturated rings. The van der Waals surface area contributed by atoms with E-state index in [1.54, 1.807) is 6.92 Å². The zero-order valence-corrected chi connectivity index (χ0v) is 15.0. The summed E-state index contributed by atoms with van der Waals surface area (Å²) in [7, 11) is 0. The van der Waals surface area contributed by atoms with Crippen molar-refractivity contribution in [3.8, 4) is 0 Å². The summed E-state index contributed by atoms with van der Waals surface area (Å²) < 4.78 is 0. The van der Waals surface area contributed by atoms with E-state index in [2.05, 4.69) is 19.9 Å². The largest absolute Gasteiger partial charge is 0.392 e. The van der Waals surface area contributed by atoms with Crippen LogP contribution in [0.4, 0.5) is 0 Å². The van der Waals surface area contributed by atoms with Gasteiger partial charge in [0.1, 0.15) is 5.78 Å². The van der Waals surface area contributed by atoms with Crippen molar-refractivity contribution in [2.45, 2.75) is 65.4 Å². The van der Waals surface area contributed by atoms with Crippen LogP contribution in [0, 0.1) is 28.6 Å². The van der Waals surface area contributed by atoms with E-state index >= 15 is 0 Å². The molecule has 4 aliphatic rings. The SMILES string of the molecule is CC(=O)C1=CC=C2[C@@H]3CC[C@H]4CC(=O)CC[C@]4(C)[C@H]3C[C@@H](O)[C@]12C. The van der Waals surface area contributed by atoms with Crippen molar-refractivity contribution >= 4 is 11.6 Å². The van der Waals surface area contributed by atoms with Crippen LogP contribution in [-0.2, 0) is 9.59 Å². The van der Waals surface area contributed by atoms with E-state index in [1.165, 1.54) is 5.57 Å². The monoisotopic (exact) mass is 328 g/mol. The fourth-order valence-corrected chi connectivity index (χ4v) is 6.50. The molecule has 6 atom stereocenters. The van der Waals surface area contributed by atoms with Crippen LogP contribution < -0.4 is 0 Å². The van der Waals surface area contributed by atoms with E-state index in [1.807, 2.05) is 6.08 Å². The van der Waals surface area contributed by atoms with Crippen molar-refractivity contribution in [2.75, 3.05) is 0 Å². The molecule has 0 bridgehead atoms. The van der Waals surface area contributed by atoms with Crippen molar-refractivity contribution in [1.82, 2.24) is 0 Å². The fraction of sp³-hybridized carbons (Fsp3) is 0.714. The van der Waals surface area contributed by atoms with Gasteiger partial charge in [0.25, 0.3) is 0 Å². The van der Waals surface area contributed by atoms with Gasteiger partial charge in [-0.2, -0.15) is 0 Å². The van der Waals surface area contributed by atoms with E-state index in [9.17, 15) is 14.7 Å². The molecule has 4 rings (SSSR count). The highest BCUT2D eigenvalue weighted by molar-refractivity contribution is 5.97. The minimum Gasteiger partial charge on any atom is -0.392 e. The normalized spacial score (nSPS) is 47.2. The summed E-state index contributed by atoms with van der Waals surface area (Å²) in [5.41, 5.74) is 1.70. The van der Waals surface area contributed by atoms with Crippen LogP contribution in [0.2, 0.25) is 0 Å². The molecule has 0 aromatic carbocycles. The van der Waals surface area contributed by atoms with Gasteiger partial charge in [0, 0.05) is 23.8 Å². The Bertz CT molecular complexity index is 673. The number of carbonyl (C=O) groups excluding carboxylic acids is 2. The number of fused-ring (bicyclic) bond motifs is 5. The molecule has 0 saturated heterocycles. The Hall–Kier alpha value is -1.22. The maximum Gasteiger partial charge on any atom is 0.156 e. The number of allylic oxidation sites excluding steroid dienone is 2. The molecule has 24 heavy (non-hydrogen) atoms. The highest BCUT2D eigenvalue weighted by atomic mass is 16.3. The van der Waals surface area contributed by atoms with E-state index < -0.39 is 11.5 Å². The molecule has 0 heterocycles. The number of aliphatic hydroxyl groups excluding tert-OH is 1. The topological polar surface area (TPSA) is 54.4 Å². The van der Waals surface area contributed by atoms with E-state index in [0.717, 1.165) is 37.7 Å². The number of aliphatic hydroxyl groups is 1. The van der Waals surface area contributed by atoms with Gasteiger partial charge >= 0.3 is 0 Å². The molecule has 4 aliphatic carbocycles. The quantitative estimate of drug-likeness (QED) is 0.800. The first kappa shape index (κ1) is 16.3. The van der Waals surface area contributed by atoms with Crippen molar-refractivity contribution in [1.29, 1.82) is 0 Å². The smallest absolute Gasteiger partial charge is 0.156 e. The Morgan fingerprint density at radius 2 is 2.00 bits per heavy atom. The average molecular weight is 328 g/mol. The van der Waals surface area contributed by atoms with Crippen molar-refractivity contribution in [3.63, 3.8) is 0 Å². The predicted octanol–water partition coefficient (Wildman–Crippen LogP) is 3.61. The Labute approximate surface area is 144 Å². The molecule has 0 aromatic rings. The van der Waals surface area contributed by atoms with Crippen LogP contribution in [-0.4, -0.2) is 22.8 Å². The summed E-state index contributed by atoms with van der Waals surface area (Å²) in [6.45, 7) is 6.02.